The van der Waals surface area contributed by atoms with Crippen LogP contribution in [0.25, 0.3) is 0 Å². The highest BCUT2D eigenvalue weighted by Crippen LogP contribution is 2.28. The lowest BCUT2D eigenvalue weighted by Gasteiger charge is -2.14. The van der Waals surface area contributed by atoms with E-state index in [1.54, 1.807) is 0 Å². The maximum atomic E-state index is 12.2. The van der Waals surface area contributed by atoms with Crippen LogP contribution in [-0.4, -0.2) is 28.4 Å². The van der Waals surface area contributed by atoms with Gasteiger partial charge in [-0.3, -0.25) is 0 Å². The largest absolute Gasteiger partial charge is 0.573 e. The summed E-state index contributed by atoms with van der Waals surface area (Å²) in [7, 11) is 0. The molecule has 0 aromatic heterocycles. The summed E-state index contributed by atoms with van der Waals surface area (Å²) in [6.45, 7) is 0. The SMILES string of the molecule is O=C(O)C(O)c1cc(CCCCl)cc(OC(F)(F)F)c1. The number of aliphatic carboxylic acids is 1. The zero-order valence-corrected chi connectivity index (χ0v) is 10.9. The van der Waals surface area contributed by atoms with E-state index < -0.39 is 24.2 Å². The van der Waals surface area contributed by atoms with Gasteiger partial charge in [0.25, 0.3) is 0 Å². The Morgan fingerprint density at radius 1 is 1.35 bits per heavy atom. The summed E-state index contributed by atoms with van der Waals surface area (Å²) < 4.78 is 40.3. The van der Waals surface area contributed by atoms with E-state index in [4.69, 9.17) is 16.7 Å². The number of carbonyl (C=O) groups is 1. The highest BCUT2D eigenvalue weighted by molar-refractivity contribution is 6.17. The van der Waals surface area contributed by atoms with Crippen LogP contribution < -0.4 is 4.74 Å². The molecule has 1 unspecified atom stereocenters. The fourth-order valence-electron chi connectivity index (χ4n) is 1.59. The van der Waals surface area contributed by atoms with Gasteiger partial charge in [-0.25, -0.2) is 4.79 Å². The molecule has 0 saturated heterocycles. The molecule has 112 valence electrons. The Labute approximate surface area is 117 Å². The number of ether oxygens (including phenoxy) is 1. The molecule has 1 aromatic rings. The first-order chi connectivity index (χ1) is 9.23. The highest BCUT2D eigenvalue weighted by Gasteiger charge is 2.31. The van der Waals surface area contributed by atoms with Crippen molar-refractivity contribution in [1.29, 1.82) is 0 Å². The van der Waals surface area contributed by atoms with Crippen molar-refractivity contribution >= 4 is 17.6 Å². The van der Waals surface area contributed by atoms with Crippen molar-refractivity contribution in [2.75, 3.05) is 5.88 Å². The smallest absolute Gasteiger partial charge is 0.479 e. The molecule has 4 nitrogen and oxygen atoms in total. The van der Waals surface area contributed by atoms with Crippen LogP contribution in [0.1, 0.15) is 23.7 Å². The van der Waals surface area contributed by atoms with E-state index in [0.717, 1.165) is 12.1 Å². The maximum absolute atomic E-state index is 12.2. The van der Waals surface area contributed by atoms with Gasteiger partial charge in [0.15, 0.2) is 6.10 Å². The summed E-state index contributed by atoms with van der Waals surface area (Å²) in [5.74, 6) is -1.82. The number of hydrogen-bond acceptors (Lipinski definition) is 3. The molecule has 8 heteroatoms. The van der Waals surface area contributed by atoms with Crippen LogP contribution in [0.3, 0.4) is 0 Å². The number of rotatable bonds is 6. The lowest BCUT2D eigenvalue weighted by molar-refractivity contribution is -0.274. The standard InChI is InChI=1S/C12H12ClF3O4/c13-3-1-2-7-4-8(10(17)11(18)19)6-9(5-7)20-12(14,15)16/h4-6,10,17H,1-3H2,(H,18,19). The zero-order chi connectivity index (χ0) is 15.3. The first-order valence-electron chi connectivity index (χ1n) is 5.59. The Hall–Kier alpha value is -1.47. The summed E-state index contributed by atoms with van der Waals surface area (Å²) in [4.78, 5) is 10.7. The third-order valence-corrected chi connectivity index (χ3v) is 2.64. The summed E-state index contributed by atoms with van der Waals surface area (Å²) in [6.07, 6.45) is -5.96. The van der Waals surface area contributed by atoms with E-state index in [1.807, 2.05) is 0 Å². The monoisotopic (exact) mass is 312 g/mol. The number of carboxylic acids is 1. The number of carboxylic acid groups (broad SMARTS) is 1. The molecule has 0 aliphatic rings. The molecular weight excluding hydrogens is 301 g/mol. The third-order valence-electron chi connectivity index (χ3n) is 2.37. The molecule has 0 amide bonds. The van der Waals surface area contributed by atoms with Crippen LogP contribution in [0.2, 0.25) is 0 Å². The van der Waals surface area contributed by atoms with Crippen LogP contribution in [-0.2, 0) is 11.2 Å². The van der Waals surface area contributed by atoms with Gasteiger partial charge in [0.1, 0.15) is 5.75 Å². The fraction of sp³-hybridized carbons (Fsp3) is 0.417. The van der Waals surface area contributed by atoms with Crippen molar-refractivity contribution in [3.05, 3.63) is 29.3 Å². The molecule has 20 heavy (non-hydrogen) atoms. The van der Waals surface area contributed by atoms with Gasteiger partial charge in [0.2, 0.25) is 0 Å². The quantitative estimate of drug-likeness (QED) is 0.793. The first kappa shape index (κ1) is 16.6. The van der Waals surface area contributed by atoms with Gasteiger partial charge in [0, 0.05) is 5.88 Å². The minimum Gasteiger partial charge on any atom is -0.479 e. The highest BCUT2D eigenvalue weighted by atomic mass is 35.5. The molecule has 1 atom stereocenters. The average Bonchev–Trinajstić information content (AvgIpc) is 2.32. The molecule has 0 radical (unpaired) electrons. The van der Waals surface area contributed by atoms with Gasteiger partial charge in [-0.2, -0.15) is 0 Å². The lowest BCUT2D eigenvalue weighted by atomic mass is 10.0. The molecule has 0 saturated carbocycles. The van der Waals surface area contributed by atoms with Crippen molar-refractivity contribution in [1.82, 2.24) is 0 Å². The van der Waals surface area contributed by atoms with E-state index in [9.17, 15) is 23.1 Å². The second-order valence-corrected chi connectivity index (χ2v) is 4.37. The number of aryl methyl sites for hydroxylation is 1. The van der Waals surface area contributed by atoms with Crippen LogP contribution in [0, 0.1) is 0 Å². The summed E-state index contributed by atoms with van der Waals surface area (Å²) >= 11 is 5.50. The molecule has 0 aliphatic heterocycles. The normalized spacial score (nSPS) is 13.1. The number of hydrogen-bond donors (Lipinski definition) is 2. The fourth-order valence-corrected chi connectivity index (χ4v) is 1.73. The lowest BCUT2D eigenvalue weighted by Crippen LogP contribution is -2.18. The summed E-state index contributed by atoms with van der Waals surface area (Å²) in [6, 6.07) is 3.29. The van der Waals surface area contributed by atoms with Gasteiger partial charge in [-0.15, -0.1) is 24.8 Å². The molecule has 2 N–H and O–H groups in total. The van der Waals surface area contributed by atoms with Crippen molar-refractivity contribution in [2.45, 2.75) is 25.3 Å². The van der Waals surface area contributed by atoms with Gasteiger partial charge in [-0.1, -0.05) is 6.07 Å². The molecule has 0 heterocycles. The van der Waals surface area contributed by atoms with E-state index in [0.29, 0.717) is 24.3 Å². The van der Waals surface area contributed by atoms with Gasteiger partial charge < -0.3 is 14.9 Å². The second-order valence-electron chi connectivity index (χ2n) is 3.99. The minimum atomic E-state index is -4.89. The molecule has 0 aliphatic carbocycles. The van der Waals surface area contributed by atoms with E-state index in [2.05, 4.69) is 4.74 Å². The second kappa shape index (κ2) is 6.81. The molecule has 0 bridgehead atoms. The van der Waals surface area contributed by atoms with Crippen molar-refractivity contribution in [3.8, 4) is 5.75 Å². The molecule has 0 spiro atoms. The van der Waals surface area contributed by atoms with Gasteiger partial charge in [-0.05, 0) is 36.1 Å². The Morgan fingerprint density at radius 2 is 2.00 bits per heavy atom. The van der Waals surface area contributed by atoms with Crippen LogP contribution in [0.4, 0.5) is 13.2 Å². The third kappa shape index (κ3) is 5.26. The van der Waals surface area contributed by atoms with E-state index >= 15 is 0 Å². The van der Waals surface area contributed by atoms with Crippen LogP contribution in [0.5, 0.6) is 5.75 Å². The van der Waals surface area contributed by atoms with Crippen molar-refractivity contribution < 1.29 is 32.9 Å². The molecule has 1 aromatic carbocycles. The molecule has 0 fully saturated rings. The van der Waals surface area contributed by atoms with E-state index in [1.165, 1.54) is 6.07 Å². The topological polar surface area (TPSA) is 66.8 Å². The molecule has 1 rings (SSSR count). The number of benzene rings is 1. The number of aliphatic hydroxyl groups is 1. The molecular formula is C12H12ClF3O4. The Kier molecular flexibility index (Phi) is 5.64. The van der Waals surface area contributed by atoms with Gasteiger partial charge >= 0.3 is 12.3 Å². The first-order valence-corrected chi connectivity index (χ1v) is 6.13. The van der Waals surface area contributed by atoms with Crippen molar-refractivity contribution in [3.63, 3.8) is 0 Å². The number of halogens is 4. The number of alkyl halides is 4. The van der Waals surface area contributed by atoms with Crippen molar-refractivity contribution in [2.24, 2.45) is 0 Å². The maximum Gasteiger partial charge on any atom is 0.573 e. The summed E-state index contributed by atoms with van der Waals surface area (Å²) in [5, 5.41) is 18.1. The van der Waals surface area contributed by atoms with Gasteiger partial charge in [0.05, 0.1) is 0 Å². The van der Waals surface area contributed by atoms with E-state index in [-0.39, 0.29) is 5.56 Å². The Balaban J connectivity index is 3.10. The minimum absolute atomic E-state index is 0.177. The number of aliphatic hydroxyl groups excluding tert-OH is 1. The van der Waals surface area contributed by atoms with Crippen LogP contribution in [0.15, 0.2) is 18.2 Å². The zero-order valence-electron chi connectivity index (χ0n) is 10.2. The predicted octanol–water partition coefficient (Wildman–Crippen LogP) is 2.87. The van der Waals surface area contributed by atoms with Crippen LogP contribution >= 0.6 is 11.6 Å². The average molecular weight is 313 g/mol. The Bertz CT molecular complexity index is 476. The predicted molar refractivity (Wildman–Crippen MR) is 64.8 cm³/mol. The Morgan fingerprint density at radius 3 is 2.50 bits per heavy atom. The summed E-state index contributed by atoms with van der Waals surface area (Å²) in [5.41, 5.74) is 0.228.